The standard InChI is InChI=1S/C7H10N2O/c1-6(2)9-7(10)4-3-5-8-9/h3-6H,1-2H3/i1D3,2D3,6D. The van der Waals surface area contributed by atoms with Crippen LogP contribution in [0.5, 0.6) is 0 Å². The van der Waals surface area contributed by atoms with Crippen molar-refractivity contribution in [3.8, 4) is 0 Å². The van der Waals surface area contributed by atoms with Gasteiger partial charge >= 0.3 is 0 Å². The Balaban J connectivity index is 3.59. The van der Waals surface area contributed by atoms with E-state index >= 15 is 0 Å². The molecular weight excluding hydrogens is 128 g/mol. The van der Waals surface area contributed by atoms with Gasteiger partial charge in [0, 0.05) is 20.5 Å². The van der Waals surface area contributed by atoms with Gasteiger partial charge in [0.15, 0.2) is 0 Å². The van der Waals surface area contributed by atoms with E-state index < -0.39 is 25.3 Å². The van der Waals surface area contributed by atoms with E-state index in [1.54, 1.807) is 0 Å². The van der Waals surface area contributed by atoms with Crippen LogP contribution in [0.2, 0.25) is 0 Å². The maximum Gasteiger partial charge on any atom is 0.266 e. The van der Waals surface area contributed by atoms with Gasteiger partial charge in [-0.15, -0.1) is 0 Å². The quantitative estimate of drug-likeness (QED) is 0.586. The molecule has 1 aromatic rings. The molecule has 0 unspecified atom stereocenters. The minimum absolute atomic E-state index is 0.174. The number of aromatic nitrogens is 2. The fourth-order valence-electron chi connectivity index (χ4n) is 0.526. The molecule has 0 bridgehead atoms. The van der Waals surface area contributed by atoms with Crippen LogP contribution in [0.25, 0.3) is 0 Å². The molecule has 0 radical (unpaired) electrons. The zero-order valence-electron chi connectivity index (χ0n) is 12.0. The Hall–Kier alpha value is -1.12. The molecular formula is C7H10N2O. The lowest BCUT2D eigenvalue weighted by atomic mass is 10.4. The van der Waals surface area contributed by atoms with Crippen molar-refractivity contribution in [2.45, 2.75) is 19.7 Å². The van der Waals surface area contributed by atoms with E-state index in [0.717, 1.165) is 12.3 Å². The summed E-state index contributed by atoms with van der Waals surface area (Å²) in [7, 11) is 0. The summed E-state index contributed by atoms with van der Waals surface area (Å²) < 4.78 is 50.8. The molecule has 0 N–H and O–H groups in total. The first-order valence-corrected chi connectivity index (χ1v) is 2.56. The molecule has 0 aliphatic heterocycles. The number of hydrogen-bond donors (Lipinski definition) is 0. The van der Waals surface area contributed by atoms with E-state index in [9.17, 15) is 4.79 Å². The lowest BCUT2D eigenvalue weighted by Gasteiger charge is -2.04. The summed E-state index contributed by atoms with van der Waals surface area (Å²) in [4.78, 5) is 11.4. The van der Waals surface area contributed by atoms with Crippen LogP contribution < -0.4 is 5.56 Å². The first-order valence-electron chi connectivity index (χ1n) is 6.06. The highest BCUT2D eigenvalue weighted by Crippen LogP contribution is 1.93. The van der Waals surface area contributed by atoms with Crippen LogP contribution in [0.15, 0.2) is 23.1 Å². The van der Waals surface area contributed by atoms with Crippen molar-refractivity contribution in [2.75, 3.05) is 0 Å². The van der Waals surface area contributed by atoms with Gasteiger partial charge in [0.1, 0.15) is 0 Å². The summed E-state index contributed by atoms with van der Waals surface area (Å²) in [6.45, 7) is -6.42. The van der Waals surface area contributed by atoms with Gasteiger partial charge in [0.05, 0.1) is 7.39 Å². The Labute approximate surface area is 69.1 Å². The topological polar surface area (TPSA) is 34.9 Å². The molecule has 1 rings (SSSR count). The van der Waals surface area contributed by atoms with E-state index in [1.165, 1.54) is 6.07 Å². The third-order valence-electron chi connectivity index (χ3n) is 0.928. The Kier molecular flexibility index (Phi) is 0.578. The maximum atomic E-state index is 11.4. The predicted molar refractivity (Wildman–Crippen MR) is 38.9 cm³/mol. The fourth-order valence-corrected chi connectivity index (χ4v) is 0.526. The Morgan fingerprint density at radius 1 is 1.90 bits per heavy atom. The summed E-state index contributed by atoms with van der Waals surface area (Å²) in [6.07, 6.45) is 1.06. The first kappa shape index (κ1) is 2.19. The van der Waals surface area contributed by atoms with Gasteiger partial charge in [-0.2, -0.15) is 5.10 Å². The van der Waals surface area contributed by atoms with Gasteiger partial charge in [-0.05, 0) is 19.8 Å². The fraction of sp³-hybridized carbons (Fsp3) is 0.429. The summed E-state index contributed by atoms with van der Waals surface area (Å²) >= 11 is 0. The minimum atomic E-state index is -3.21. The molecule has 0 amide bonds. The van der Waals surface area contributed by atoms with E-state index in [1.807, 2.05) is 0 Å². The summed E-state index contributed by atoms with van der Waals surface area (Å²) in [5.74, 6) is 0. The Morgan fingerprint density at radius 2 is 2.70 bits per heavy atom. The zero-order chi connectivity index (χ0) is 13.5. The largest absolute Gasteiger partial charge is 0.268 e. The van der Waals surface area contributed by atoms with Crippen molar-refractivity contribution in [3.63, 3.8) is 0 Å². The van der Waals surface area contributed by atoms with Crippen LogP contribution in [0.3, 0.4) is 0 Å². The zero-order valence-corrected chi connectivity index (χ0v) is 5.03. The van der Waals surface area contributed by atoms with E-state index in [2.05, 4.69) is 5.10 Å². The molecule has 3 nitrogen and oxygen atoms in total. The van der Waals surface area contributed by atoms with E-state index in [-0.39, 0.29) is 4.68 Å². The van der Waals surface area contributed by atoms with Crippen molar-refractivity contribution >= 4 is 0 Å². The molecule has 0 atom stereocenters. The van der Waals surface area contributed by atoms with Crippen LogP contribution >= 0.6 is 0 Å². The van der Waals surface area contributed by atoms with Crippen molar-refractivity contribution in [1.29, 1.82) is 0 Å². The molecule has 0 saturated carbocycles. The van der Waals surface area contributed by atoms with Crippen LogP contribution in [-0.2, 0) is 0 Å². The molecule has 1 aromatic heterocycles. The summed E-state index contributed by atoms with van der Waals surface area (Å²) in [6, 6.07) is -0.912. The summed E-state index contributed by atoms with van der Waals surface area (Å²) in [5.41, 5.74) is -0.949. The molecule has 1 heterocycles. The molecule has 54 valence electrons. The highest BCUT2D eigenvalue weighted by Gasteiger charge is 1.97. The van der Waals surface area contributed by atoms with Gasteiger partial charge in [-0.3, -0.25) is 4.79 Å². The van der Waals surface area contributed by atoms with Gasteiger partial charge in [0.25, 0.3) is 5.56 Å². The predicted octanol–water partition coefficient (Wildman–Crippen LogP) is 0.824. The molecule has 10 heavy (non-hydrogen) atoms. The van der Waals surface area contributed by atoms with Gasteiger partial charge in [-0.1, -0.05) is 0 Å². The molecule has 0 fully saturated rings. The summed E-state index contributed by atoms with van der Waals surface area (Å²) in [5, 5.41) is 3.38. The smallest absolute Gasteiger partial charge is 0.266 e. The molecule has 0 aliphatic rings. The first-order chi connectivity index (χ1) is 7.52. The lowest BCUT2D eigenvalue weighted by molar-refractivity contribution is 0.502. The SMILES string of the molecule is [2H]C([2H])([2H])C([2H])(n1ncccc1=O)C([2H])([2H])[2H]. The molecule has 0 saturated heterocycles. The van der Waals surface area contributed by atoms with E-state index in [4.69, 9.17) is 9.60 Å². The third-order valence-corrected chi connectivity index (χ3v) is 0.928. The number of nitrogens with zero attached hydrogens (tertiary/aromatic N) is 2. The van der Waals surface area contributed by atoms with Crippen LogP contribution in [-0.4, -0.2) is 9.78 Å². The van der Waals surface area contributed by atoms with Crippen LogP contribution in [0.1, 0.15) is 29.3 Å². The average molecular weight is 145 g/mol. The van der Waals surface area contributed by atoms with Crippen LogP contribution in [0, 0.1) is 0 Å². The highest BCUT2D eigenvalue weighted by molar-refractivity contribution is 4.85. The Bertz CT molecular complexity index is 446. The van der Waals surface area contributed by atoms with Crippen molar-refractivity contribution in [3.05, 3.63) is 28.7 Å². The number of hydrogen-bond acceptors (Lipinski definition) is 2. The molecule has 0 aromatic carbocycles. The molecule has 0 aliphatic carbocycles. The van der Waals surface area contributed by atoms with E-state index in [0.29, 0.717) is 0 Å². The average Bonchev–Trinajstić information content (AvgIpc) is 2.13. The maximum absolute atomic E-state index is 11.4. The van der Waals surface area contributed by atoms with Gasteiger partial charge in [-0.25, -0.2) is 4.68 Å². The van der Waals surface area contributed by atoms with Crippen molar-refractivity contribution in [2.24, 2.45) is 0 Å². The second-order valence-corrected chi connectivity index (χ2v) is 1.62. The normalized spacial score (nSPS) is 24.2. The van der Waals surface area contributed by atoms with Gasteiger partial charge in [0.2, 0.25) is 0 Å². The number of rotatable bonds is 1. The monoisotopic (exact) mass is 145 g/mol. The minimum Gasteiger partial charge on any atom is -0.268 e. The van der Waals surface area contributed by atoms with Crippen LogP contribution in [0.4, 0.5) is 0 Å². The third kappa shape index (κ3) is 1.23. The highest BCUT2D eigenvalue weighted by atomic mass is 16.1. The van der Waals surface area contributed by atoms with Crippen molar-refractivity contribution < 1.29 is 9.60 Å². The van der Waals surface area contributed by atoms with Crippen molar-refractivity contribution in [1.82, 2.24) is 9.78 Å². The second-order valence-electron chi connectivity index (χ2n) is 1.62. The Morgan fingerprint density at radius 3 is 3.30 bits per heavy atom. The lowest BCUT2D eigenvalue weighted by Crippen LogP contribution is -2.22. The van der Waals surface area contributed by atoms with Gasteiger partial charge < -0.3 is 0 Å². The molecule has 3 heteroatoms. The molecule has 0 spiro atoms. The second kappa shape index (κ2) is 2.64.